The highest BCUT2D eigenvalue weighted by Crippen LogP contribution is 2.11. The van der Waals surface area contributed by atoms with Crippen molar-refractivity contribution in [1.82, 2.24) is 5.32 Å². The van der Waals surface area contributed by atoms with Crippen LogP contribution in [-0.2, 0) is 6.54 Å². The lowest BCUT2D eigenvalue weighted by molar-refractivity contribution is 0.00248. The molecule has 0 aliphatic carbocycles. The molecular formula is C11H15F2NO2. The van der Waals surface area contributed by atoms with Crippen molar-refractivity contribution >= 4 is 0 Å². The normalized spacial score (nSPS) is 14.8. The molecule has 0 saturated heterocycles. The molecule has 1 atom stereocenters. The van der Waals surface area contributed by atoms with E-state index >= 15 is 0 Å². The standard InChI is InChI=1S/C11H15F2NO2/c1-11(16,7-15)6-14-5-8-3-2-4-9(12)10(8)13/h2-4,14-16H,5-7H2,1H3. The Labute approximate surface area is 92.7 Å². The third-order valence-electron chi connectivity index (χ3n) is 2.19. The Morgan fingerprint density at radius 1 is 1.38 bits per heavy atom. The van der Waals surface area contributed by atoms with Gasteiger partial charge in [0.25, 0.3) is 0 Å². The summed E-state index contributed by atoms with van der Waals surface area (Å²) in [7, 11) is 0. The van der Waals surface area contributed by atoms with E-state index in [2.05, 4.69) is 5.32 Å². The van der Waals surface area contributed by atoms with E-state index in [1.54, 1.807) is 0 Å². The summed E-state index contributed by atoms with van der Waals surface area (Å²) in [6, 6.07) is 3.92. The number of aliphatic hydroxyl groups is 2. The Morgan fingerprint density at radius 2 is 2.06 bits per heavy atom. The fourth-order valence-electron chi connectivity index (χ4n) is 1.21. The maximum absolute atomic E-state index is 13.2. The molecular weight excluding hydrogens is 216 g/mol. The molecule has 90 valence electrons. The lowest BCUT2D eigenvalue weighted by atomic mass is 10.1. The van der Waals surface area contributed by atoms with Crippen molar-refractivity contribution in [2.75, 3.05) is 13.2 Å². The van der Waals surface area contributed by atoms with E-state index in [0.29, 0.717) is 0 Å². The van der Waals surface area contributed by atoms with Crippen LogP contribution in [-0.4, -0.2) is 29.0 Å². The smallest absolute Gasteiger partial charge is 0.163 e. The molecule has 0 aliphatic rings. The second-order valence-electron chi connectivity index (χ2n) is 3.97. The molecule has 5 heteroatoms. The summed E-state index contributed by atoms with van der Waals surface area (Å²) in [5.74, 6) is -1.79. The predicted octanol–water partition coefficient (Wildman–Crippen LogP) is 0.798. The van der Waals surface area contributed by atoms with Crippen molar-refractivity contribution in [3.05, 3.63) is 35.4 Å². The molecule has 3 nitrogen and oxygen atoms in total. The van der Waals surface area contributed by atoms with Gasteiger partial charge in [0, 0.05) is 18.7 Å². The lowest BCUT2D eigenvalue weighted by Gasteiger charge is -2.20. The molecule has 3 N–H and O–H groups in total. The Balaban J connectivity index is 2.53. The van der Waals surface area contributed by atoms with Crippen molar-refractivity contribution in [1.29, 1.82) is 0 Å². The Morgan fingerprint density at radius 3 is 2.69 bits per heavy atom. The third-order valence-corrected chi connectivity index (χ3v) is 2.19. The molecule has 0 radical (unpaired) electrons. The molecule has 1 unspecified atom stereocenters. The first kappa shape index (κ1) is 13.0. The minimum atomic E-state index is -1.26. The zero-order valence-electron chi connectivity index (χ0n) is 9.00. The minimum Gasteiger partial charge on any atom is -0.393 e. The first-order chi connectivity index (χ1) is 7.46. The van der Waals surface area contributed by atoms with E-state index in [1.165, 1.54) is 19.1 Å². The topological polar surface area (TPSA) is 52.5 Å². The summed E-state index contributed by atoms with van der Waals surface area (Å²) in [5, 5.41) is 21.0. The number of aliphatic hydroxyl groups excluding tert-OH is 1. The van der Waals surface area contributed by atoms with Gasteiger partial charge in [-0.15, -0.1) is 0 Å². The summed E-state index contributed by atoms with van der Waals surface area (Å²) < 4.78 is 26.0. The molecule has 1 rings (SSSR count). The SMILES string of the molecule is CC(O)(CO)CNCc1cccc(F)c1F. The molecule has 0 amide bonds. The third kappa shape index (κ3) is 3.52. The second kappa shape index (κ2) is 5.34. The monoisotopic (exact) mass is 231 g/mol. The minimum absolute atomic E-state index is 0.0967. The van der Waals surface area contributed by atoms with Crippen LogP contribution in [0.5, 0.6) is 0 Å². The average molecular weight is 231 g/mol. The molecule has 16 heavy (non-hydrogen) atoms. The highest BCUT2D eigenvalue weighted by atomic mass is 19.2. The summed E-state index contributed by atoms with van der Waals surface area (Å²) in [6.07, 6.45) is 0. The summed E-state index contributed by atoms with van der Waals surface area (Å²) >= 11 is 0. The number of nitrogens with one attached hydrogen (secondary N) is 1. The van der Waals surface area contributed by atoms with Gasteiger partial charge in [-0.1, -0.05) is 12.1 Å². The lowest BCUT2D eigenvalue weighted by Crippen LogP contribution is -2.40. The van der Waals surface area contributed by atoms with E-state index in [0.717, 1.165) is 6.07 Å². The zero-order valence-corrected chi connectivity index (χ0v) is 9.00. The van der Waals surface area contributed by atoms with E-state index in [1.807, 2.05) is 0 Å². The van der Waals surface area contributed by atoms with Gasteiger partial charge in [-0.2, -0.15) is 0 Å². The van der Waals surface area contributed by atoms with Crippen LogP contribution in [0.1, 0.15) is 12.5 Å². The van der Waals surface area contributed by atoms with Crippen molar-refractivity contribution in [3.63, 3.8) is 0 Å². The largest absolute Gasteiger partial charge is 0.393 e. The molecule has 0 spiro atoms. The van der Waals surface area contributed by atoms with E-state index in [9.17, 15) is 13.9 Å². The molecule has 0 fully saturated rings. The van der Waals surface area contributed by atoms with E-state index < -0.39 is 23.8 Å². The zero-order chi connectivity index (χ0) is 12.2. The van der Waals surface area contributed by atoms with Gasteiger partial charge in [0.2, 0.25) is 0 Å². The van der Waals surface area contributed by atoms with Crippen LogP contribution in [0.3, 0.4) is 0 Å². The van der Waals surface area contributed by atoms with Gasteiger partial charge in [-0.05, 0) is 13.0 Å². The predicted molar refractivity (Wildman–Crippen MR) is 55.8 cm³/mol. The van der Waals surface area contributed by atoms with Crippen LogP contribution in [0.15, 0.2) is 18.2 Å². The summed E-state index contributed by atoms with van der Waals surface area (Å²) in [6.45, 7) is 1.24. The van der Waals surface area contributed by atoms with Crippen LogP contribution in [0.4, 0.5) is 8.78 Å². The van der Waals surface area contributed by atoms with Crippen LogP contribution >= 0.6 is 0 Å². The molecule has 1 aromatic carbocycles. The number of rotatable bonds is 5. The van der Waals surface area contributed by atoms with Crippen molar-refractivity contribution in [2.45, 2.75) is 19.1 Å². The number of benzene rings is 1. The number of hydrogen-bond donors (Lipinski definition) is 3. The van der Waals surface area contributed by atoms with Crippen molar-refractivity contribution in [2.24, 2.45) is 0 Å². The van der Waals surface area contributed by atoms with E-state index in [-0.39, 0.29) is 18.7 Å². The van der Waals surface area contributed by atoms with Gasteiger partial charge in [-0.3, -0.25) is 0 Å². The van der Waals surface area contributed by atoms with Crippen LogP contribution in [0, 0.1) is 11.6 Å². The Hall–Kier alpha value is -1.04. The van der Waals surface area contributed by atoms with Gasteiger partial charge < -0.3 is 15.5 Å². The molecule has 0 aromatic heterocycles. The molecule has 0 heterocycles. The second-order valence-corrected chi connectivity index (χ2v) is 3.97. The van der Waals surface area contributed by atoms with Crippen molar-refractivity contribution < 1.29 is 19.0 Å². The van der Waals surface area contributed by atoms with Crippen LogP contribution < -0.4 is 5.32 Å². The Kier molecular flexibility index (Phi) is 4.35. The van der Waals surface area contributed by atoms with Gasteiger partial charge in [-0.25, -0.2) is 8.78 Å². The van der Waals surface area contributed by atoms with E-state index in [4.69, 9.17) is 5.11 Å². The fraction of sp³-hybridized carbons (Fsp3) is 0.455. The van der Waals surface area contributed by atoms with Crippen LogP contribution in [0.25, 0.3) is 0 Å². The number of hydrogen-bond acceptors (Lipinski definition) is 3. The van der Waals surface area contributed by atoms with Crippen LogP contribution in [0.2, 0.25) is 0 Å². The highest BCUT2D eigenvalue weighted by Gasteiger charge is 2.18. The average Bonchev–Trinajstić information content (AvgIpc) is 2.24. The highest BCUT2D eigenvalue weighted by molar-refractivity contribution is 5.18. The fourth-order valence-corrected chi connectivity index (χ4v) is 1.21. The van der Waals surface area contributed by atoms with Gasteiger partial charge in [0.05, 0.1) is 12.2 Å². The molecule has 0 bridgehead atoms. The summed E-state index contributed by atoms with van der Waals surface area (Å²) in [5.41, 5.74) is -1.07. The van der Waals surface area contributed by atoms with Gasteiger partial charge in [0.1, 0.15) is 0 Å². The quantitative estimate of drug-likeness (QED) is 0.702. The molecule has 0 saturated carbocycles. The maximum atomic E-state index is 13.2. The molecule has 1 aromatic rings. The first-order valence-corrected chi connectivity index (χ1v) is 4.93. The van der Waals surface area contributed by atoms with Crippen molar-refractivity contribution in [3.8, 4) is 0 Å². The maximum Gasteiger partial charge on any atom is 0.163 e. The van der Waals surface area contributed by atoms with Gasteiger partial charge >= 0.3 is 0 Å². The molecule has 0 aliphatic heterocycles. The Bertz CT molecular complexity index is 356. The van der Waals surface area contributed by atoms with Gasteiger partial charge in [0.15, 0.2) is 11.6 Å². The number of halogens is 2. The first-order valence-electron chi connectivity index (χ1n) is 4.93. The summed E-state index contributed by atoms with van der Waals surface area (Å²) in [4.78, 5) is 0.